The number of aromatic nitrogens is 1. The molecule has 0 aliphatic carbocycles. The van der Waals surface area contributed by atoms with Crippen LogP contribution in [0.5, 0.6) is 11.5 Å². The molecule has 0 bridgehead atoms. The van der Waals surface area contributed by atoms with E-state index in [-0.39, 0.29) is 12.4 Å². The van der Waals surface area contributed by atoms with Gasteiger partial charge in [0, 0.05) is 22.3 Å². The minimum absolute atomic E-state index is 0.0197. The van der Waals surface area contributed by atoms with E-state index in [1.807, 2.05) is 56.3 Å². The monoisotopic (exact) mass is 347 g/mol. The van der Waals surface area contributed by atoms with Gasteiger partial charge in [-0.1, -0.05) is 5.92 Å². The minimum Gasteiger partial charge on any atom is -0.494 e. The van der Waals surface area contributed by atoms with Gasteiger partial charge in [0.05, 0.1) is 12.1 Å². The van der Waals surface area contributed by atoms with Crippen molar-refractivity contribution in [2.24, 2.45) is 0 Å². The summed E-state index contributed by atoms with van der Waals surface area (Å²) in [5.74, 6) is 3.95. The predicted molar refractivity (Wildman–Crippen MR) is 104 cm³/mol. The first-order chi connectivity index (χ1) is 12.6. The van der Waals surface area contributed by atoms with Crippen LogP contribution in [0.3, 0.4) is 0 Å². The van der Waals surface area contributed by atoms with Gasteiger partial charge in [-0.15, -0.1) is 6.42 Å². The van der Waals surface area contributed by atoms with Crippen molar-refractivity contribution in [1.82, 2.24) is 4.57 Å². The molecule has 1 heterocycles. The van der Waals surface area contributed by atoms with Crippen molar-refractivity contribution < 1.29 is 14.3 Å². The first-order valence-electron chi connectivity index (χ1n) is 8.52. The molecule has 0 atom stereocenters. The number of fused-ring (bicyclic) bond motifs is 1. The van der Waals surface area contributed by atoms with E-state index in [4.69, 9.17) is 15.9 Å². The van der Waals surface area contributed by atoms with Crippen LogP contribution < -0.4 is 9.47 Å². The van der Waals surface area contributed by atoms with Crippen LogP contribution in [0.4, 0.5) is 0 Å². The first kappa shape index (κ1) is 17.6. The van der Waals surface area contributed by atoms with Crippen LogP contribution in [0.1, 0.15) is 29.9 Å². The van der Waals surface area contributed by atoms with E-state index in [0.29, 0.717) is 17.9 Å². The Labute approximate surface area is 153 Å². The van der Waals surface area contributed by atoms with Gasteiger partial charge in [-0.3, -0.25) is 4.79 Å². The molecule has 132 valence electrons. The molecule has 3 rings (SSSR count). The fourth-order valence-corrected chi connectivity index (χ4v) is 3.25. The van der Waals surface area contributed by atoms with Crippen molar-refractivity contribution in [2.75, 3.05) is 13.2 Å². The molecule has 3 aromatic rings. The molecule has 2 aromatic carbocycles. The Bertz CT molecular complexity index is 991. The number of ether oxygens (including phenoxy) is 2. The molecule has 4 nitrogen and oxygen atoms in total. The van der Waals surface area contributed by atoms with Crippen molar-refractivity contribution >= 4 is 16.7 Å². The lowest BCUT2D eigenvalue weighted by molar-refractivity contribution is 0.101. The van der Waals surface area contributed by atoms with Crippen LogP contribution >= 0.6 is 0 Å². The number of ketones is 1. The van der Waals surface area contributed by atoms with Crippen LogP contribution in [0.2, 0.25) is 0 Å². The van der Waals surface area contributed by atoms with Crippen LogP contribution in [-0.2, 0) is 0 Å². The van der Waals surface area contributed by atoms with Gasteiger partial charge < -0.3 is 14.0 Å². The maximum Gasteiger partial charge on any atom is 0.162 e. The van der Waals surface area contributed by atoms with Crippen LogP contribution in [0, 0.1) is 19.3 Å². The lowest BCUT2D eigenvalue weighted by atomic mass is 10.1. The fourth-order valence-electron chi connectivity index (χ4n) is 3.25. The molecule has 1 aromatic heterocycles. The minimum atomic E-state index is 0.0197. The van der Waals surface area contributed by atoms with Gasteiger partial charge >= 0.3 is 0 Å². The Balaban J connectivity index is 2.17. The quantitative estimate of drug-likeness (QED) is 0.485. The Kier molecular flexibility index (Phi) is 4.99. The number of terminal acetylenes is 1. The Hall–Kier alpha value is -3.19. The standard InChI is InChI=1S/C22H21NO3/c1-5-13-26-19-11-12-21-20(14-19)22(16(4)24)15(3)23(21)17-7-9-18(10-8-17)25-6-2/h1,7-12,14H,6,13H2,2-4H3. The Morgan fingerprint density at radius 1 is 1.12 bits per heavy atom. The molecule has 0 saturated carbocycles. The summed E-state index contributed by atoms with van der Waals surface area (Å²) in [4.78, 5) is 12.3. The molecule has 26 heavy (non-hydrogen) atoms. The largest absolute Gasteiger partial charge is 0.494 e. The molecular formula is C22H21NO3. The van der Waals surface area contributed by atoms with E-state index in [1.54, 1.807) is 6.92 Å². The molecule has 0 N–H and O–H groups in total. The highest BCUT2D eigenvalue weighted by atomic mass is 16.5. The topological polar surface area (TPSA) is 40.5 Å². The zero-order valence-corrected chi connectivity index (χ0v) is 15.2. The van der Waals surface area contributed by atoms with Gasteiger partial charge in [-0.2, -0.15) is 0 Å². The average Bonchev–Trinajstić information content (AvgIpc) is 2.92. The highest BCUT2D eigenvalue weighted by Crippen LogP contribution is 2.32. The summed E-state index contributed by atoms with van der Waals surface area (Å²) in [6.07, 6.45) is 5.26. The molecule has 0 aliphatic rings. The number of nitrogens with zero attached hydrogens (tertiary/aromatic N) is 1. The maximum atomic E-state index is 12.3. The maximum absolute atomic E-state index is 12.3. The molecule has 0 amide bonds. The number of carbonyl (C=O) groups is 1. The summed E-state index contributed by atoms with van der Waals surface area (Å²) in [6, 6.07) is 13.5. The zero-order valence-electron chi connectivity index (χ0n) is 15.2. The third kappa shape index (κ3) is 3.16. The normalized spacial score (nSPS) is 10.5. The number of benzene rings is 2. The molecule has 0 unspecified atom stereocenters. The van der Waals surface area contributed by atoms with E-state index in [2.05, 4.69) is 10.5 Å². The fraction of sp³-hybridized carbons (Fsp3) is 0.227. The lowest BCUT2D eigenvalue weighted by Crippen LogP contribution is -2.00. The molecular weight excluding hydrogens is 326 g/mol. The smallest absolute Gasteiger partial charge is 0.162 e. The Morgan fingerprint density at radius 2 is 1.81 bits per heavy atom. The van der Waals surface area contributed by atoms with E-state index >= 15 is 0 Å². The van der Waals surface area contributed by atoms with E-state index < -0.39 is 0 Å². The molecule has 0 fully saturated rings. The van der Waals surface area contributed by atoms with Crippen molar-refractivity contribution in [2.45, 2.75) is 20.8 Å². The summed E-state index contributed by atoms with van der Waals surface area (Å²) in [5.41, 5.74) is 3.51. The van der Waals surface area contributed by atoms with Gasteiger partial charge in [-0.25, -0.2) is 0 Å². The summed E-state index contributed by atoms with van der Waals surface area (Å²) < 4.78 is 13.1. The Morgan fingerprint density at radius 3 is 2.42 bits per heavy atom. The highest BCUT2D eigenvalue weighted by molar-refractivity contribution is 6.09. The van der Waals surface area contributed by atoms with E-state index in [0.717, 1.165) is 28.0 Å². The summed E-state index contributed by atoms with van der Waals surface area (Å²) in [5, 5.41) is 0.860. The lowest BCUT2D eigenvalue weighted by Gasteiger charge is -2.10. The van der Waals surface area contributed by atoms with Crippen molar-refractivity contribution in [3.8, 4) is 29.5 Å². The van der Waals surface area contributed by atoms with E-state index in [1.165, 1.54) is 0 Å². The van der Waals surface area contributed by atoms with E-state index in [9.17, 15) is 4.79 Å². The SMILES string of the molecule is C#CCOc1ccc2c(c1)c(C(C)=O)c(C)n2-c1ccc(OCC)cc1. The van der Waals surface area contributed by atoms with Crippen molar-refractivity contribution in [3.63, 3.8) is 0 Å². The van der Waals surface area contributed by atoms with Crippen LogP contribution in [0.15, 0.2) is 42.5 Å². The number of carbonyl (C=O) groups excluding carboxylic acids is 1. The highest BCUT2D eigenvalue weighted by Gasteiger charge is 2.19. The molecule has 0 radical (unpaired) electrons. The second kappa shape index (κ2) is 7.37. The third-order valence-corrected chi connectivity index (χ3v) is 4.26. The van der Waals surface area contributed by atoms with Crippen LogP contribution in [-0.4, -0.2) is 23.6 Å². The second-order valence-electron chi connectivity index (χ2n) is 5.95. The summed E-state index contributed by atoms with van der Waals surface area (Å²) >= 11 is 0. The van der Waals surface area contributed by atoms with Gasteiger partial charge in [0.1, 0.15) is 18.1 Å². The van der Waals surface area contributed by atoms with Gasteiger partial charge in [0.25, 0.3) is 0 Å². The second-order valence-corrected chi connectivity index (χ2v) is 5.95. The number of hydrogen-bond acceptors (Lipinski definition) is 3. The molecule has 0 spiro atoms. The number of rotatable bonds is 6. The zero-order chi connectivity index (χ0) is 18.7. The summed E-state index contributed by atoms with van der Waals surface area (Å²) in [6.45, 7) is 6.31. The summed E-state index contributed by atoms with van der Waals surface area (Å²) in [7, 11) is 0. The molecule has 0 saturated heterocycles. The first-order valence-corrected chi connectivity index (χ1v) is 8.52. The number of hydrogen-bond donors (Lipinski definition) is 0. The van der Waals surface area contributed by atoms with Gasteiger partial charge in [0.15, 0.2) is 5.78 Å². The predicted octanol–water partition coefficient (Wildman–Crippen LogP) is 4.55. The number of Topliss-reactive ketones (excluding diaryl/α,β-unsaturated/α-hetero) is 1. The average molecular weight is 347 g/mol. The molecule has 4 heteroatoms. The van der Waals surface area contributed by atoms with Gasteiger partial charge in [-0.05, 0) is 63.2 Å². The van der Waals surface area contributed by atoms with Crippen molar-refractivity contribution in [1.29, 1.82) is 0 Å². The van der Waals surface area contributed by atoms with Crippen LogP contribution in [0.25, 0.3) is 16.6 Å². The molecule has 0 aliphatic heterocycles. The van der Waals surface area contributed by atoms with Crippen molar-refractivity contribution in [3.05, 3.63) is 53.7 Å². The van der Waals surface area contributed by atoms with Gasteiger partial charge in [0.2, 0.25) is 0 Å². The third-order valence-electron chi connectivity index (χ3n) is 4.26.